The maximum atomic E-state index is 12.5. The molecule has 2 aromatic rings. The summed E-state index contributed by atoms with van der Waals surface area (Å²) in [5, 5.41) is 21.6. The molecule has 0 bridgehead atoms. The van der Waals surface area contributed by atoms with Crippen molar-refractivity contribution in [2.45, 2.75) is 58.6 Å². The average molecular weight is 375 g/mol. The van der Waals surface area contributed by atoms with Gasteiger partial charge in [0.15, 0.2) is 0 Å². The largest absolute Gasteiger partial charge is 0.466 e. The van der Waals surface area contributed by atoms with Crippen molar-refractivity contribution in [1.29, 1.82) is 0 Å². The summed E-state index contributed by atoms with van der Waals surface area (Å²) in [4.78, 5) is 14.6. The topological polar surface area (TPSA) is 96.4 Å². The Labute approximate surface area is 159 Å². The van der Waals surface area contributed by atoms with Gasteiger partial charge in [-0.1, -0.05) is 0 Å². The van der Waals surface area contributed by atoms with Gasteiger partial charge in [0.1, 0.15) is 17.3 Å². The Morgan fingerprint density at radius 3 is 2.56 bits per heavy atom. The number of furan rings is 1. The van der Waals surface area contributed by atoms with Gasteiger partial charge in [0, 0.05) is 32.6 Å². The van der Waals surface area contributed by atoms with E-state index >= 15 is 0 Å². The number of anilines is 1. The fourth-order valence-electron chi connectivity index (χ4n) is 3.51. The summed E-state index contributed by atoms with van der Waals surface area (Å²) in [5.41, 5.74) is -0.210. The van der Waals surface area contributed by atoms with E-state index in [1.165, 1.54) is 0 Å². The van der Waals surface area contributed by atoms with Crippen LogP contribution in [0.15, 0.2) is 10.5 Å². The van der Waals surface area contributed by atoms with E-state index in [1.807, 2.05) is 25.5 Å². The lowest BCUT2D eigenvalue weighted by Crippen LogP contribution is -2.45. The number of carbonyl (C=O) groups is 1. The molecular weight excluding hydrogens is 346 g/mol. The summed E-state index contributed by atoms with van der Waals surface area (Å²) in [7, 11) is 1.92. The van der Waals surface area contributed by atoms with Gasteiger partial charge in [0.05, 0.1) is 11.2 Å². The third-order valence-electron chi connectivity index (χ3n) is 4.93. The van der Waals surface area contributed by atoms with Gasteiger partial charge in [0.2, 0.25) is 5.95 Å². The van der Waals surface area contributed by atoms with Gasteiger partial charge in [-0.2, -0.15) is 0 Å². The number of carbonyl (C=O) groups excluding carboxylic acids is 1. The molecule has 3 rings (SSSR count). The van der Waals surface area contributed by atoms with Gasteiger partial charge >= 0.3 is 0 Å². The Hall–Kier alpha value is -2.35. The van der Waals surface area contributed by atoms with Gasteiger partial charge in [-0.25, -0.2) is 0 Å². The summed E-state index contributed by atoms with van der Waals surface area (Å²) < 4.78 is 7.38. The number of nitrogens with one attached hydrogen (secondary N) is 1. The number of nitrogens with zero attached hydrogens (tertiary/aromatic N) is 4. The Morgan fingerprint density at radius 1 is 1.33 bits per heavy atom. The van der Waals surface area contributed by atoms with Crippen LogP contribution in [0.3, 0.4) is 0 Å². The molecule has 1 fully saturated rings. The second kappa shape index (κ2) is 7.34. The molecular formula is C19H29N5O3. The van der Waals surface area contributed by atoms with Crippen LogP contribution in [0, 0.1) is 13.8 Å². The lowest BCUT2D eigenvalue weighted by molar-refractivity contribution is 0.0779. The lowest BCUT2D eigenvalue weighted by atomic mass is 10.0. The number of hydrogen-bond acceptors (Lipinski definition) is 6. The number of hydrogen-bond donors (Lipinski definition) is 2. The molecule has 1 saturated heterocycles. The molecule has 2 aromatic heterocycles. The summed E-state index contributed by atoms with van der Waals surface area (Å²) in [6.07, 6.45) is 2.14. The molecule has 0 radical (unpaired) electrons. The van der Waals surface area contributed by atoms with Crippen molar-refractivity contribution in [3.8, 4) is 0 Å². The highest BCUT2D eigenvalue weighted by atomic mass is 16.3. The first-order valence-corrected chi connectivity index (χ1v) is 9.37. The van der Waals surface area contributed by atoms with Crippen LogP contribution in [0.1, 0.15) is 54.4 Å². The molecule has 0 saturated carbocycles. The maximum Gasteiger partial charge on any atom is 0.255 e. The fraction of sp³-hybridized carbons (Fsp3) is 0.632. The molecule has 0 unspecified atom stereocenters. The number of rotatable bonds is 5. The Bertz CT molecular complexity index is 810. The first kappa shape index (κ1) is 19.4. The Morgan fingerprint density at radius 2 is 2.00 bits per heavy atom. The lowest BCUT2D eigenvalue weighted by Gasteiger charge is -2.32. The first-order valence-electron chi connectivity index (χ1n) is 9.37. The van der Waals surface area contributed by atoms with E-state index in [0.717, 1.165) is 43.5 Å². The van der Waals surface area contributed by atoms with Gasteiger partial charge < -0.3 is 24.3 Å². The Kier molecular flexibility index (Phi) is 5.28. The minimum absolute atomic E-state index is 0.0751. The predicted octanol–water partition coefficient (Wildman–Crippen LogP) is 1.74. The van der Waals surface area contributed by atoms with Crippen molar-refractivity contribution in [3.63, 3.8) is 0 Å². The normalized spacial score (nSPS) is 16.0. The van der Waals surface area contributed by atoms with E-state index in [-0.39, 0.29) is 11.9 Å². The van der Waals surface area contributed by atoms with E-state index < -0.39 is 5.60 Å². The summed E-state index contributed by atoms with van der Waals surface area (Å²) >= 11 is 0. The Balaban J connectivity index is 1.58. The van der Waals surface area contributed by atoms with Crippen molar-refractivity contribution in [3.05, 3.63) is 29.0 Å². The van der Waals surface area contributed by atoms with Crippen LogP contribution in [0.2, 0.25) is 0 Å². The number of aromatic nitrogens is 3. The molecule has 1 aliphatic rings. The second-order valence-corrected chi connectivity index (χ2v) is 8.03. The smallest absolute Gasteiger partial charge is 0.255 e. The highest BCUT2D eigenvalue weighted by Crippen LogP contribution is 2.21. The van der Waals surface area contributed by atoms with E-state index in [1.54, 1.807) is 19.9 Å². The molecule has 0 spiro atoms. The quantitative estimate of drug-likeness (QED) is 0.826. The third-order valence-corrected chi connectivity index (χ3v) is 4.93. The molecule has 1 amide bonds. The van der Waals surface area contributed by atoms with Crippen molar-refractivity contribution in [2.75, 3.05) is 18.0 Å². The highest BCUT2D eigenvalue weighted by molar-refractivity contribution is 5.95. The molecule has 0 atom stereocenters. The van der Waals surface area contributed by atoms with Crippen LogP contribution >= 0.6 is 0 Å². The molecule has 8 heteroatoms. The van der Waals surface area contributed by atoms with Crippen LogP contribution < -0.4 is 10.2 Å². The first-order chi connectivity index (χ1) is 12.6. The standard InChI is InChI=1S/C19H29N5O3/c1-12-10-15(13(2)27-12)17(25)20-14-6-8-24(9-7-14)18-22-21-16(23(18)5)11-19(3,4)26/h10,14,26H,6-9,11H2,1-5H3,(H,20,25). The van der Waals surface area contributed by atoms with Crippen molar-refractivity contribution in [1.82, 2.24) is 20.1 Å². The molecule has 8 nitrogen and oxygen atoms in total. The molecule has 27 heavy (non-hydrogen) atoms. The summed E-state index contributed by atoms with van der Waals surface area (Å²) in [6.45, 7) is 8.77. The summed E-state index contributed by atoms with van der Waals surface area (Å²) in [5.74, 6) is 2.89. The molecule has 3 heterocycles. The van der Waals surface area contributed by atoms with E-state index in [0.29, 0.717) is 17.7 Å². The number of aliphatic hydroxyl groups is 1. The minimum atomic E-state index is -0.821. The van der Waals surface area contributed by atoms with E-state index in [4.69, 9.17) is 4.42 Å². The van der Waals surface area contributed by atoms with Gasteiger partial charge in [-0.05, 0) is 46.6 Å². The fourth-order valence-corrected chi connectivity index (χ4v) is 3.51. The van der Waals surface area contributed by atoms with E-state index in [9.17, 15) is 9.90 Å². The minimum Gasteiger partial charge on any atom is -0.466 e. The number of aryl methyl sites for hydroxylation is 2. The summed E-state index contributed by atoms with van der Waals surface area (Å²) in [6, 6.07) is 1.91. The third kappa shape index (κ3) is 4.50. The van der Waals surface area contributed by atoms with Crippen molar-refractivity contribution < 1.29 is 14.3 Å². The zero-order chi connectivity index (χ0) is 19.8. The van der Waals surface area contributed by atoms with Crippen LogP contribution in [0.5, 0.6) is 0 Å². The second-order valence-electron chi connectivity index (χ2n) is 8.03. The number of amides is 1. The monoisotopic (exact) mass is 375 g/mol. The van der Waals surface area contributed by atoms with Gasteiger partial charge in [-0.3, -0.25) is 4.79 Å². The van der Waals surface area contributed by atoms with Crippen LogP contribution in [-0.4, -0.2) is 50.5 Å². The van der Waals surface area contributed by atoms with Gasteiger partial charge in [-0.15, -0.1) is 10.2 Å². The predicted molar refractivity (Wildman–Crippen MR) is 102 cm³/mol. The maximum absolute atomic E-state index is 12.5. The highest BCUT2D eigenvalue weighted by Gasteiger charge is 2.26. The van der Waals surface area contributed by atoms with Crippen molar-refractivity contribution in [2.24, 2.45) is 7.05 Å². The van der Waals surface area contributed by atoms with Crippen LogP contribution in [-0.2, 0) is 13.5 Å². The SMILES string of the molecule is Cc1cc(C(=O)NC2CCN(c3nnc(CC(C)(C)O)n3C)CC2)c(C)o1. The number of piperidine rings is 1. The van der Waals surface area contributed by atoms with E-state index in [2.05, 4.69) is 20.4 Å². The average Bonchev–Trinajstić information content (AvgIpc) is 3.09. The van der Waals surface area contributed by atoms with Crippen LogP contribution in [0.4, 0.5) is 5.95 Å². The van der Waals surface area contributed by atoms with Crippen LogP contribution in [0.25, 0.3) is 0 Å². The molecule has 1 aliphatic heterocycles. The zero-order valence-corrected chi connectivity index (χ0v) is 16.7. The molecule has 2 N–H and O–H groups in total. The van der Waals surface area contributed by atoms with Gasteiger partial charge in [0.25, 0.3) is 5.91 Å². The molecule has 0 aliphatic carbocycles. The van der Waals surface area contributed by atoms with Crippen molar-refractivity contribution >= 4 is 11.9 Å². The molecule has 148 valence electrons. The molecule has 0 aromatic carbocycles. The zero-order valence-electron chi connectivity index (χ0n) is 16.7.